The fourth-order valence-corrected chi connectivity index (χ4v) is 7.57. The van der Waals surface area contributed by atoms with Crippen molar-refractivity contribution in [1.82, 2.24) is 5.32 Å². The van der Waals surface area contributed by atoms with E-state index in [1.54, 1.807) is 6.08 Å². The van der Waals surface area contributed by atoms with Gasteiger partial charge in [-0.15, -0.1) is 0 Å². The maximum atomic E-state index is 13.0. The fourth-order valence-electron chi connectivity index (χ4n) is 7.57. The van der Waals surface area contributed by atoms with Crippen molar-refractivity contribution in [2.75, 3.05) is 13.2 Å². The first-order chi connectivity index (χ1) is 27.3. The number of aliphatic hydroxyl groups is 6. The number of hydrogen-bond acceptors (Lipinski definition) is 9. The molecule has 1 aliphatic heterocycles. The normalized spacial score (nSPS) is 21.8. The minimum Gasteiger partial charge on any atom is -0.394 e. The van der Waals surface area contributed by atoms with Crippen LogP contribution in [0.4, 0.5) is 0 Å². The number of rotatable bonds is 39. The van der Waals surface area contributed by atoms with E-state index in [0.717, 1.165) is 44.9 Å². The largest absolute Gasteiger partial charge is 0.394 e. The lowest BCUT2D eigenvalue weighted by Crippen LogP contribution is -2.60. The molecule has 0 saturated carbocycles. The van der Waals surface area contributed by atoms with Crippen molar-refractivity contribution in [3.63, 3.8) is 0 Å². The van der Waals surface area contributed by atoms with Crippen molar-refractivity contribution in [1.29, 1.82) is 0 Å². The predicted octanol–water partition coefficient (Wildman–Crippen LogP) is 8.70. The molecule has 1 saturated heterocycles. The van der Waals surface area contributed by atoms with Gasteiger partial charge in [-0.05, 0) is 19.3 Å². The maximum absolute atomic E-state index is 13.0. The van der Waals surface area contributed by atoms with Gasteiger partial charge < -0.3 is 45.4 Å². The summed E-state index contributed by atoms with van der Waals surface area (Å²) in [5.74, 6) is -0.614. The third kappa shape index (κ3) is 26.8. The fraction of sp³-hybridized carbons (Fsp3) is 0.935. The van der Waals surface area contributed by atoms with Crippen molar-refractivity contribution in [3.05, 3.63) is 12.2 Å². The smallest absolute Gasteiger partial charge is 0.249 e. The summed E-state index contributed by atoms with van der Waals surface area (Å²) in [5.41, 5.74) is 0. The van der Waals surface area contributed by atoms with Gasteiger partial charge in [0.2, 0.25) is 5.91 Å². The molecular weight excluding hydrogens is 711 g/mol. The molecule has 1 rings (SSSR count). The number of hydrogen-bond donors (Lipinski definition) is 7. The lowest BCUT2D eigenvalue weighted by Gasteiger charge is -2.40. The van der Waals surface area contributed by atoms with E-state index in [9.17, 15) is 35.4 Å². The van der Waals surface area contributed by atoms with Gasteiger partial charge in [-0.2, -0.15) is 0 Å². The van der Waals surface area contributed by atoms with Gasteiger partial charge in [0, 0.05) is 0 Å². The van der Waals surface area contributed by atoms with Gasteiger partial charge in [0.15, 0.2) is 6.29 Å². The molecule has 56 heavy (non-hydrogen) atoms. The minimum atomic E-state index is -1.61. The zero-order valence-electron chi connectivity index (χ0n) is 36.0. The van der Waals surface area contributed by atoms with Gasteiger partial charge in [-0.25, -0.2) is 0 Å². The highest BCUT2D eigenvalue weighted by Crippen LogP contribution is 2.23. The molecule has 0 aromatic rings. The lowest BCUT2D eigenvalue weighted by molar-refractivity contribution is -0.302. The zero-order chi connectivity index (χ0) is 41.1. The van der Waals surface area contributed by atoms with E-state index in [2.05, 4.69) is 19.2 Å². The highest BCUT2D eigenvalue weighted by Gasteiger charge is 2.44. The van der Waals surface area contributed by atoms with Crippen LogP contribution in [0.5, 0.6) is 0 Å². The van der Waals surface area contributed by atoms with Crippen LogP contribution in [0.25, 0.3) is 0 Å². The average Bonchev–Trinajstić information content (AvgIpc) is 3.20. The van der Waals surface area contributed by atoms with E-state index < -0.39 is 61.5 Å². The summed E-state index contributed by atoms with van der Waals surface area (Å²) >= 11 is 0. The van der Waals surface area contributed by atoms with Crippen LogP contribution >= 0.6 is 0 Å². The summed E-state index contributed by atoms with van der Waals surface area (Å²) < 4.78 is 11.1. The molecule has 1 fully saturated rings. The first-order valence-electron chi connectivity index (χ1n) is 23.5. The van der Waals surface area contributed by atoms with Gasteiger partial charge >= 0.3 is 0 Å². The second kappa shape index (κ2) is 36.9. The first-order valence-corrected chi connectivity index (χ1v) is 23.5. The standard InChI is InChI=1S/C46H89NO9/c1-3-5-7-9-11-13-15-17-18-19-20-21-23-25-27-29-31-33-35-40(50)45(54)47-38(37-55-46-44(53)43(52)42(51)41(36-48)56-46)39(49)34-32-30-28-26-24-22-16-14-12-10-8-6-4-2/h32,34,38-44,46,48-53H,3-31,33,35-37H2,1-2H3,(H,47,54)/b34-32+. The molecule has 8 atom stereocenters. The number of amides is 1. The third-order valence-electron chi connectivity index (χ3n) is 11.5. The van der Waals surface area contributed by atoms with Gasteiger partial charge in [-0.3, -0.25) is 4.79 Å². The topological polar surface area (TPSA) is 169 Å². The molecule has 1 amide bonds. The summed E-state index contributed by atoms with van der Waals surface area (Å²) in [6.45, 7) is 3.61. The Bertz CT molecular complexity index is 906. The van der Waals surface area contributed by atoms with Gasteiger partial charge in [0.05, 0.1) is 25.4 Å². The van der Waals surface area contributed by atoms with Gasteiger partial charge in [-0.1, -0.05) is 206 Å². The van der Waals surface area contributed by atoms with Crippen LogP contribution < -0.4 is 5.32 Å². The molecule has 0 bridgehead atoms. The Morgan fingerprint density at radius 3 is 1.45 bits per heavy atom. The monoisotopic (exact) mass is 800 g/mol. The number of carbonyl (C=O) groups is 1. The van der Waals surface area contributed by atoms with E-state index >= 15 is 0 Å². The number of carbonyl (C=O) groups excluding carboxylic acids is 1. The highest BCUT2D eigenvalue weighted by atomic mass is 16.7. The molecule has 8 unspecified atom stereocenters. The Labute approximate surface area is 342 Å². The zero-order valence-corrected chi connectivity index (χ0v) is 36.0. The van der Waals surface area contributed by atoms with E-state index in [-0.39, 0.29) is 6.61 Å². The molecule has 0 aromatic carbocycles. The summed E-state index contributed by atoms with van der Waals surface area (Å²) in [7, 11) is 0. The number of unbranched alkanes of at least 4 members (excludes halogenated alkanes) is 28. The second-order valence-electron chi connectivity index (χ2n) is 16.7. The van der Waals surface area contributed by atoms with Crippen LogP contribution in [-0.4, -0.2) is 98.7 Å². The minimum absolute atomic E-state index is 0.301. The molecule has 1 heterocycles. The molecular formula is C46H89NO9. The second-order valence-corrected chi connectivity index (χ2v) is 16.7. The summed E-state index contributed by atoms with van der Waals surface area (Å²) in [5, 5.41) is 64.6. The Hall–Kier alpha value is -1.11. The van der Waals surface area contributed by atoms with Crippen LogP contribution in [0.1, 0.15) is 213 Å². The molecule has 1 aliphatic rings. The molecule has 0 aromatic heterocycles. The van der Waals surface area contributed by atoms with Crippen LogP contribution in [0.3, 0.4) is 0 Å². The summed E-state index contributed by atoms with van der Waals surface area (Å²) in [6.07, 6.45) is 31.5. The van der Waals surface area contributed by atoms with Gasteiger partial charge in [0.1, 0.15) is 30.5 Å². The third-order valence-corrected chi connectivity index (χ3v) is 11.5. The number of aliphatic hydroxyl groups excluding tert-OH is 6. The molecule has 0 aliphatic carbocycles. The molecule has 10 nitrogen and oxygen atoms in total. The highest BCUT2D eigenvalue weighted by molar-refractivity contribution is 5.80. The molecule has 10 heteroatoms. The average molecular weight is 800 g/mol. The van der Waals surface area contributed by atoms with Crippen LogP contribution in [-0.2, 0) is 14.3 Å². The van der Waals surface area contributed by atoms with E-state index in [4.69, 9.17) is 9.47 Å². The summed E-state index contributed by atoms with van der Waals surface area (Å²) in [6, 6.07) is -0.974. The lowest BCUT2D eigenvalue weighted by atomic mass is 9.99. The van der Waals surface area contributed by atoms with Crippen molar-refractivity contribution in [3.8, 4) is 0 Å². The maximum Gasteiger partial charge on any atom is 0.249 e. The number of allylic oxidation sites excluding steroid dienone is 1. The Morgan fingerprint density at radius 1 is 0.607 bits per heavy atom. The van der Waals surface area contributed by atoms with E-state index in [1.807, 2.05) is 6.08 Å². The number of nitrogens with one attached hydrogen (secondary N) is 1. The van der Waals surface area contributed by atoms with Crippen molar-refractivity contribution in [2.24, 2.45) is 0 Å². The van der Waals surface area contributed by atoms with Crippen LogP contribution in [0, 0.1) is 0 Å². The molecule has 0 spiro atoms. The van der Waals surface area contributed by atoms with Crippen LogP contribution in [0.2, 0.25) is 0 Å². The predicted molar refractivity (Wildman–Crippen MR) is 227 cm³/mol. The first kappa shape index (κ1) is 52.9. The molecule has 0 radical (unpaired) electrons. The SMILES string of the molecule is CCCCCCCCCCCCC/C=C/C(O)C(COC1OC(CO)C(O)C(O)C1O)NC(=O)C(O)CCCCCCCCCCCCCCCCCCCC. The molecule has 332 valence electrons. The molecule has 7 N–H and O–H groups in total. The van der Waals surface area contributed by atoms with Crippen molar-refractivity contribution >= 4 is 5.91 Å². The Morgan fingerprint density at radius 2 is 1.02 bits per heavy atom. The van der Waals surface area contributed by atoms with Crippen molar-refractivity contribution < 1.29 is 44.9 Å². The Kier molecular flexibility index (Phi) is 34.9. The summed E-state index contributed by atoms with van der Waals surface area (Å²) in [4.78, 5) is 13.0. The van der Waals surface area contributed by atoms with Gasteiger partial charge in [0.25, 0.3) is 0 Å². The quantitative estimate of drug-likeness (QED) is 0.0238. The van der Waals surface area contributed by atoms with Crippen molar-refractivity contribution in [2.45, 2.75) is 262 Å². The Balaban J connectivity index is 2.38. The van der Waals surface area contributed by atoms with E-state index in [0.29, 0.717) is 6.42 Å². The number of ether oxygens (including phenoxy) is 2. The van der Waals surface area contributed by atoms with E-state index in [1.165, 1.54) is 148 Å². The van der Waals surface area contributed by atoms with Crippen LogP contribution in [0.15, 0.2) is 12.2 Å².